The van der Waals surface area contributed by atoms with Gasteiger partial charge in [-0.05, 0) is 54.8 Å². The molecule has 1 aliphatic carbocycles. The highest BCUT2D eigenvalue weighted by Crippen LogP contribution is 2.43. The fourth-order valence-corrected chi connectivity index (χ4v) is 4.01. The molecular formula is C14H15BrF3N3S. The van der Waals surface area contributed by atoms with E-state index in [9.17, 15) is 13.2 Å². The van der Waals surface area contributed by atoms with Crippen molar-refractivity contribution in [1.29, 1.82) is 0 Å². The zero-order valence-electron chi connectivity index (χ0n) is 12.1. The van der Waals surface area contributed by atoms with Crippen LogP contribution in [0.1, 0.15) is 49.3 Å². The molecule has 8 heteroatoms. The van der Waals surface area contributed by atoms with Crippen LogP contribution in [0.25, 0.3) is 0 Å². The largest absolute Gasteiger partial charge is 0.396 e. The molecule has 2 aromatic heterocycles. The van der Waals surface area contributed by atoms with E-state index in [1.165, 1.54) is 0 Å². The Hall–Kier alpha value is -0.890. The van der Waals surface area contributed by atoms with E-state index in [2.05, 4.69) is 26.1 Å². The maximum atomic E-state index is 12.8. The molecule has 1 aliphatic rings. The van der Waals surface area contributed by atoms with Crippen molar-refractivity contribution in [2.24, 2.45) is 0 Å². The van der Waals surface area contributed by atoms with E-state index >= 15 is 0 Å². The molecule has 0 saturated heterocycles. The first-order valence-electron chi connectivity index (χ1n) is 6.95. The molecule has 3 rings (SSSR count). The van der Waals surface area contributed by atoms with Crippen LogP contribution in [-0.4, -0.2) is 20.9 Å². The third-order valence-electron chi connectivity index (χ3n) is 3.79. The van der Waals surface area contributed by atoms with Gasteiger partial charge < -0.3 is 4.57 Å². The van der Waals surface area contributed by atoms with E-state index < -0.39 is 18.0 Å². The first kappa shape index (κ1) is 16.0. The zero-order chi connectivity index (χ0) is 16.1. The second-order valence-electron chi connectivity index (χ2n) is 6.06. The van der Waals surface area contributed by atoms with Crippen LogP contribution >= 0.6 is 27.3 Å². The molecule has 0 N–H and O–H groups in total. The Morgan fingerprint density at radius 1 is 1.27 bits per heavy atom. The molecule has 0 spiro atoms. The summed E-state index contributed by atoms with van der Waals surface area (Å²) >= 11 is 4.99. The molecule has 1 fully saturated rings. The van der Waals surface area contributed by atoms with Gasteiger partial charge in [-0.1, -0.05) is 0 Å². The van der Waals surface area contributed by atoms with Crippen molar-refractivity contribution in [3.05, 3.63) is 32.4 Å². The van der Waals surface area contributed by atoms with E-state index in [0.717, 1.165) is 21.5 Å². The Labute approximate surface area is 138 Å². The predicted octanol–water partition coefficient (Wildman–Crippen LogP) is 4.87. The van der Waals surface area contributed by atoms with Gasteiger partial charge in [-0.2, -0.15) is 13.2 Å². The van der Waals surface area contributed by atoms with Gasteiger partial charge in [0.15, 0.2) is 0 Å². The second-order valence-corrected chi connectivity index (χ2v) is 8.52. The Bertz CT molecular complexity index is 686. The number of hydrogen-bond acceptors (Lipinski definition) is 3. The molecule has 0 aliphatic heterocycles. The lowest BCUT2D eigenvalue weighted by Crippen LogP contribution is -2.25. The minimum atomic E-state index is -4.27. The van der Waals surface area contributed by atoms with Crippen LogP contribution < -0.4 is 0 Å². The Balaban J connectivity index is 2.03. The standard InChI is InChI=1S/C14H15BrF3N3S/c1-13(2,9-5-6-10(15)22-9)12-20-19-11(7-14(16,17)18)21(12)8-3-4-8/h5-6,8H,3-4,7H2,1-2H3. The van der Waals surface area contributed by atoms with Gasteiger partial charge in [-0.25, -0.2) is 0 Å². The van der Waals surface area contributed by atoms with Crippen molar-refractivity contribution in [2.45, 2.75) is 50.7 Å². The number of hydrogen-bond donors (Lipinski definition) is 0. The predicted molar refractivity (Wildman–Crippen MR) is 82.2 cm³/mol. The fourth-order valence-electron chi connectivity index (χ4n) is 2.53. The van der Waals surface area contributed by atoms with Crippen LogP contribution in [-0.2, 0) is 11.8 Å². The summed E-state index contributed by atoms with van der Waals surface area (Å²) in [5.41, 5.74) is -0.476. The summed E-state index contributed by atoms with van der Waals surface area (Å²) in [5, 5.41) is 7.97. The molecule has 2 aromatic rings. The molecule has 120 valence electrons. The van der Waals surface area contributed by atoms with E-state index in [0.29, 0.717) is 5.82 Å². The van der Waals surface area contributed by atoms with Gasteiger partial charge in [0.05, 0.1) is 9.20 Å². The summed E-state index contributed by atoms with van der Waals surface area (Å²) < 4.78 is 41.0. The van der Waals surface area contributed by atoms with Crippen molar-refractivity contribution in [2.75, 3.05) is 0 Å². The molecule has 0 aromatic carbocycles. The van der Waals surface area contributed by atoms with Gasteiger partial charge in [0.1, 0.15) is 18.1 Å². The molecule has 0 amide bonds. The van der Waals surface area contributed by atoms with Crippen LogP contribution in [0.5, 0.6) is 0 Å². The first-order chi connectivity index (χ1) is 10.2. The van der Waals surface area contributed by atoms with Crippen LogP contribution in [0.4, 0.5) is 13.2 Å². The van der Waals surface area contributed by atoms with Crippen LogP contribution in [0.2, 0.25) is 0 Å². The Morgan fingerprint density at radius 3 is 2.45 bits per heavy atom. The maximum absolute atomic E-state index is 12.8. The normalized spacial score (nSPS) is 16.3. The average molecular weight is 394 g/mol. The maximum Gasteiger partial charge on any atom is 0.396 e. The van der Waals surface area contributed by atoms with Gasteiger partial charge in [-0.15, -0.1) is 21.5 Å². The summed E-state index contributed by atoms with van der Waals surface area (Å²) in [4.78, 5) is 1.05. The van der Waals surface area contributed by atoms with E-state index in [-0.39, 0.29) is 11.9 Å². The first-order valence-corrected chi connectivity index (χ1v) is 8.56. The minimum absolute atomic E-state index is 0.0219. The molecule has 3 nitrogen and oxygen atoms in total. The number of halogens is 4. The number of rotatable bonds is 4. The highest BCUT2D eigenvalue weighted by molar-refractivity contribution is 9.11. The van der Waals surface area contributed by atoms with Gasteiger partial charge >= 0.3 is 6.18 Å². The smallest absolute Gasteiger partial charge is 0.311 e. The molecule has 1 saturated carbocycles. The quantitative estimate of drug-likeness (QED) is 0.741. The average Bonchev–Trinajstić information content (AvgIpc) is 2.98. The lowest BCUT2D eigenvalue weighted by molar-refractivity contribution is -0.129. The highest BCUT2D eigenvalue weighted by atomic mass is 79.9. The summed E-state index contributed by atoms with van der Waals surface area (Å²) in [5.74, 6) is 0.636. The summed E-state index contributed by atoms with van der Waals surface area (Å²) in [7, 11) is 0. The molecule has 22 heavy (non-hydrogen) atoms. The fraction of sp³-hybridized carbons (Fsp3) is 0.571. The van der Waals surface area contributed by atoms with Crippen LogP contribution in [0.3, 0.4) is 0 Å². The van der Waals surface area contributed by atoms with Crippen molar-refractivity contribution in [1.82, 2.24) is 14.8 Å². The monoisotopic (exact) mass is 393 g/mol. The molecule has 0 radical (unpaired) electrons. The Morgan fingerprint density at radius 2 is 1.95 bits per heavy atom. The minimum Gasteiger partial charge on any atom is -0.311 e. The number of nitrogens with zero attached hydrogens (tertiary/aromatic N) is 3. The van der Waals surface area contributed by atoms with Crippen LogP contribution in [0, 0.1) is 0 Å². The van der Waals surface area contributed by atoms with Gasteiger partial charge in [0.25, 0.3) is 0 Å². The third-order valence-corrected chi connectivity index (χ3v) is 5.73. The molecule has 0 bridgehead atoms. The second kappa shape index (κ2) is 5.33. The Kier molecular flexibility index (Phi) is 3.87. The number of aromatic nitrogens is 3. The van der Waals surface area contributed by atoms with Crippen molar-refractivity contribution in [3.63, 3.8) is 0 Å². The van der Waals surface area contributed by atoms with Gasteiger partial charge in [0, 0.05) is 10.9 Å². The summed E-state index contributed by atoms with van der Waals surface area (Å²) in [6, 6.07) is 4.02. The number of alkyl halides is 3. The summed E-state index contributed by atoms with van der Waals surface area (Å²) in [6.07, 6.45) is -3.52. The van der Waals surface area contributed by atoms with Gasteiger partial charge in [0.2, 0.25) is 0 Å². The van der Waals surface area contributed by atoms with Crippen molar-refractivity contribution in [3.8, 4) is 0 Å². The molecular weight excluding hydrogens is 379 g/mol. The van der Waals surface area contributed by atoms with E-state index in [1.54, 1.807) is 15.9 Å². The zero-order valence-corrected chi connectivity index (χ0v) is 14.5. The van der Waals surface area contributed by atoms with Gasteiger partial charge in [-0.3, -0.25) is 0 Å². The SMILES string of the molecule is CC(C)(c1ccc(Br)s1)c1nnc(CC(F)(F)F)n1C1CC1. The van der Waals surface area contributed by atoms with Crippen molar-refractivity contribution < 1.29 is 13.2 Å². The number of thiophene rings is 1. The van der Waals surface area contributed by atoms with E-state index in [1.807, 2.05) is 26.0 Å². The lowest BCUT2D eigenvalue weighted by atomic mass is 9.90. The molecule has 0 unspecified atom stereocenters. The summed E-state index contributed by atoms with van der Waals surface area (Å²) in [6.45, 7) is 3.96. The van der Waals surface area contributed by atoms with Crippen molar-refractivity contribution >= 4 is 27.3 Å². The van der Waals surface area contributed by atoms with E-state index in [4.69, 9.17) is 0 Å². The molecule has 0 atom stereocenters. The third kappa shape index (κ3) is 3.08. The highest BCUT2D eigenvalue weighted by Gasteiger charge is 2.40. The van der Waals surface area contributed by atoms with Crippen LogP contribution in [0.15, 0.2) is 15.9 Å². The lowest BCUT2D eigenvalue weighted by Gasteiger charge is -2.24. The molecule has 2 heterocycles. The topological polar surface area (TPSA) is 30.7 Å².